The van der Waals surface area contributed by atoms with Crippen molar-refractivity contribution in [2.75, 3.05) is 12.4 Å². The number of carbonyl (C=O) groups is 2. The molecule has 0 heterocycles. The molecule has 120 valence electrons. The van der Waals surface area contributed by atoms with E-state index in [4.69, 9.17) is 9.47 Å². The maximum absolute atomic E-state index is 12.1. The minimum Gasteiger partial charge on any atom is -0.497 e. The quantitative estimate of drug-likeness (QED) is 0.861. The van der Waals surface area contributed by atoms with Crippen LogP contribution < -0.4 is 10.1 Å². The van der Waals surface area contributed by atoms with Crippen LogP contribution in [0.2, 0.25) is 0 Å². The number of rotatable bonds is 5. The van der Waals surface area contributed by atoms with Crippen molar-refractivity contribution in [2.45, 2.75) is 20.0 Å². The van der Waals surface area contributed by atoms with Crippen LogP contribution in [0.5, 0.6) is 5.75 Å². The predicted octanol–water partition coefficient (Wildman–Crippen LogP) is 3.19. The van der Waals surface area contributed by atoms with Crippen LogP contribution in [-0.2, 0) is 9.53 Å². The maximum Gasteiger partial charge on any atom is 0.338 e. The van der Waals surface area contributed by atoms with Crippen molar-refractivity contribution in [3.63, 3.8) is 0 Å². The Hall–Kier alpha value is -2.82. The van der Waals surface area contributed by atoms with Crippen LogP contribution in [0.15, 0.2) is 48.5 Å². The second-order valence-corrected chi connectivity index (χ2v) is 5.13. The van der Waals surface area contributed by atoms with Gasteiger partial charge in [0.1, 0.15) is 5.75 Å². The summed E-state index contributed by atoms with van der Waals surface area (Å²) < 4.78 is 10.2. The van der Waals surface area contributed by atoms with Gasteiger partial charge in [-0.3, -0.25) is 4.79 Å². The molecule has 0 radical (unpaired) electrons. The molecule has 2 aromatic rings. The van der Waals surface area contributed by atoms with E-state index in [0.29, 0.717) is 17.0 Å². The van der Waals surface area contributed by atoms with Gasteiger partial charge in [0.2, 0.25) is 0 Å². The van der Waals surface area contributed by atoms with Crippen molar-refractivity contribution in [2.24, 2.45) is 0 Å². The summed E-state index contributed by atoms with van der Waals surface area (Å²) in [4.78, 5) is 24.1. The minimum absolute atomic E-state index is 0.393. The Morgan fingerprint density at radius 1 is 1.00 bits per heavy atom. The Morgan fingerprint density at radius 2 is 1.61 bits per heavy atom. The number of hydrogen-bond donors (Lipinski definition) is 1. The first-order chi connectivity index (χ1) is 11.0. The van der Waals surface area contributed by atoms with Gasteiger partial charge >= 0.3 is 5.97 Å². The van der Waals surface area contributed by atoms with E-state index >= 15 is 0 Å². The van der Waals surface area contributed by atoms with E-state index in [1.807, 2.05) is 19.1 Å². The molecule has 2 rings (SSSR count). The molecule has 1 amide bonds. The number of ether oxygens (including phenoxy) is 2. The number of benzene rings is 2. The fraction of sp³-hybridized carbons (Fsp3) is 0.222. The first-order valence-corrected chi connectivity index (χ1v) is 7.22. The van der Waals surface area contributed by atoms with Crippen molar-refractivity contribution in [3.8, 4) is 5.75 Å². The lowest BCUT2D eigenvalue weighted by molar-refractivity contribution is -0.123. The van der Waals surface area contributed by atoms with Crippen LogP contribution >= 0.6 is 0 Å². The van der Waals surface area contributed by atoms with Gasteiger partial charge in [-0.15, -0.1) is 0 Å². The van der Waals surface area contributed by atoms with Gasteiger partial charge in [0.25, 0.3) is 5.91 Å². The highest BCUT2D eigenvalue weighted by molar-refractivity contribution is 5.97. The molecule has 5 nitrogen and oxygen atoms in total. The average molecular weight is 313 g/mol. The van der Waals surface area contributed by atoms with Gasteiger partial charge < -0.3 is 14.8 Å². The van der Waals surface area contributed by atoms with Crippen LogP contribution in [0.1, 0.15) is 22.8 Å². The molecule has 5 heteroatoms. The molecule has 2 aromatic carbocycles. The zero-order valence-corrected chi connectivity index (χ0v) is 13.3. The molecule has 1 N–H and O–H groups in total. The molecule has 0 bridgehead atoms. The van der Waals surface area contributed by atoms with Gasteiger partial charge in [-0.1, -0.05) is 17.7 Å². The van der Waals surface area contributed by atoms with E-state index in [2.05, 4.69) is 5.32 Å². The predicted molar refractivity (Wildman–Crippen MR) is 87.7 cm³/mol. The topological polar surface area (TPSA) is 64.6 Å². The van der Waals surface area contributed by atoms with Crippen LogP contribution in [0.3, 0.4) is 0 Å². The number of carbonyl (C=O) groups excluding carboxylic acids is 2. The number of methoxy groups -OCH3 is 1. The molecule has 0 saturated heterocycles. The summed E-state index contributed by atoms with van der Waals surface area (Å²) in [6.07, 6.45) is -0.897. The Morgan fingerprint density at radius 3 is 2.17 bits per heavy atom. The molecule has 0 aliphatic carbocycles. The number of nitrogens with one attached hydrogen (secondary N) is 1. The highest BCUT2D eigenvalue weighted by Crippen LogP contribution is 2.15. The zero-order chi connectivity index (χ0) is 16.8. The molecular weight excluding hydrogens is 294 g/mol. The largest absolute Gasteiger partial charge is 0.497 e. The Kier molecular flexibility index (Phi) is 5.36. The minimum atomic E-state index is -0.897. The number of amides is 1. The van der Waals surface area contributed by atoms with Crippen molar-refractivity contribution in [1.82, 2.24) is 0 Å². The standard InChI is InChI=1S/C18H19NO4/c1-12-4-6-14(7-5-12)18(21)23-13(2)17(20)19-15-8-10-16(22-3)11-9-15/h4-11,13H,1-3H3,(H,19,20)/t13-/m1/s1. The number of hydrogen-bond acceptors (Lipinski definition) is 4. The Balaban J connectivity index is 1.93. The van der Waals surface area contributed by atoms with Crippen molar-refractivity contribution < 1.29 is 19.1 Å². The summed E-state index contributed by atoms with van der Waals surface area (Å²) in [5, 5.41) is 2.69. The van der Waals surface area contributed by atoms with Gasteiger partial charge in [0.15, 0.2) is 6.10 Å². The third-order valence-electron chi connectivity index (χ3n) is 3.30. The summed E-state index contributed by atoms with van der Waals surface area (Å²) in [5.74, 6) is -0.222. The van der Waals surface area contributed by atoms with Gasteiger partial charge in [0.05, 0.1) is 12.7 Å². The fourth-order valence-corrected chi connectivity index (χ4v) is 1.89. The SMILES string of the molecule is COc1ccc(NC(=O)[C@@H](C)OC(=O)c2ccc(C)cc2)cc1. The van der Waals surface area contributed by atoms with Crippen molar-refractivity contribution >= 4 is 17.6 Å². The van der Waals surface area contributed by atoms with Crippen LogP contribution in [-0.4, -0.2) is 25.1 Å². The summed E-state index contributed by atoms with van der Waals surface area (Å²) in [6, 6.07) is 13.9. The van der Waals surface area contributed by atoms with E-state index in [-0.39, 0.29) is 0 Å². The van der Waals surface area contributed by atoms with Crippen LogP contribution in [0.4, 0.5) is 5.69 Å². The number of esters is 1. The lowest BCUT2D eigenvalue weighted by Gasteiger charge is -2.14. The maximum atomic E-state index is 12.1. The first kappa shape index (κ1) is 16.5. The van der Waals surface area contributed by atoms with E-state index in [1.54, 1.807) is 43.5 Å². The lowest BCUT2D eigenvalue weighted by atomic mass is 10.1. The normalized spacial score (nSPS) is 11.4. The molecule has 0 saturated carbocycles. The van der Waals surface area contributed by atoms with Gasteiger partial charge in [-0.25, -0.2) is 4.79 Å². The average Bonchev–Trinajstić information content (AvgIpc) is 2.56. The third kappa shape index (κ3) is 4.57. The molecular formula is C18H19NO4. The smallest absolute Gasteiger partial charge is 0.338 e. The van der Waals surface area contributed by atoms with Gasteiger partial charge in [0, 0.05) is 5.69 Å². The molecule has 0 unspecified atom stereocenters. The second-order valence-electron chi connectivity index (χ2n) is 5.13. The van der Waals surface area contributed by atoms with Crippen molar-refractivity contribution in [3.05, 3.63) is 59.7 Å². The van der Waals surface area contributed by atoms with E-state index in [1.165, 1.54) is 6.92 Å². The molecule has 1 atom stereocenters. The zero-order valence-electron chi connectivity index (χ0n) is 13.3. The van der Waals surface area contributed by atoms with E-state index < -0.39 is 18.0 Å². The summed E-state index contributed by atoms with van der Waals surface area (Å²) >= 11 is 0. The fourth-order valence-electron chi connectivity index (χ4n) is 1.89. The van der Waals surface area contributed by atoms with Crippen LogP contribution in [0, 0.1) is 6.92 Å². The summed E-state index contributed by atoms with van der Waals surface area (Å²) in [5.41, 5.74) is 2.07. The van der Waals surface area contributed by atoms with E-state index in [0.717, 1.165) is 5.56 Å². The Bertz CT molecular complexity index is 677. The summed E-state index contributed by atoms with van der Waals surface area (Å²) in [6.45, 7) is 3.46. The number of aryl methyl sites for hydroxylation is 1. The lowest BCUT2D eigenvalue weighted by Crippen LogP contribution is -2.30. The second kappa shape index (κ2) is 7.45. The molecule has 0 spiro atoms. The third-order valence-corrected chi connectivity index (χ3v) is 3.30. The van der Waals surface area contributed by atoms with Gasteiger partial charge in [-0.2, -0.15) is 0 Å². The monoisotopic (exact) mass is 313 g/mol. The molecule has 0 aromatic heterocycles. The highest BCUT2D eigenvalue weighted by atomic mass is 16.5. The number of anilines is 1. The molecule has 23 heavy (non-hydrogen) atoms. The van der Waals surface area contributed by atoms with Crippen molar-refractivity contribution in [1.29, 1.82) is 0 Å². The molecule has 0 aliphatic heterocycles. The van der Waals surface area contributed by atoms with E-state index in [9.17, 15) is 9.59 Å². The Labute approximate surface area is 135 Å². The van der Waals surface area contributed by atoms with Crippen LogP contribution in [0.25, 0.3) is 0 Å². The first-order valence-electron chi connectivity index (χ1n) is 7.22. The molecule has 0 fully saturated rings. The molecule has 0 aliphatic rings. The summed E-state index contributed by atoms with van der Waals surface area (Å²) in [7, 11) is 1.57. The highest BCUT2D eigenvalue weighted by Gasteiger charge is 2.19. The van der Waals surface area contributed by atoms with Gasteiger partial charge in [-0.05, 0) is 50.2 Å².